The summed E-state index contributed by atoms with van der Waals surface area (Å²) in [4.78, 5) is 29.1. The van der Waals surface area contributed by atoms with Crippen molar-refractivity contribution in [2.24, 2.45) is 46.3 Å². The minimum Gasteiger partial charge on any atom is -0.471 e. The lowest BCUT2D eigenvalue weighted by molar-refractivity contribution is -0.340. The maximum Gasteiger partial charge on any atom is 0.337 e. The zero-order valence-corrected chi connectivity index (χ0v) is 31.7. The highest BCUT2D eigenvalue weighted by Crippen LogP contribution is 2.72. The Kier molecular flexibility index (Phi) is 10.1. The van der Waals surface area contributed by atoms with E-state index in [1.165, 1.54) is 24.5 Å². The maximum absolute atomic E-state index is 14.3. The van der Waals surface area contributed by atoms with Gasteiger partial charge in [0, 0.05) is 42.2 Å². The van der Waals surface area contributed by atoms with Crippen molar-refractivity contribution in [1.29, 1.82) is 0 Å². The molecule has 8 aliphatic rings. The van der Waals surface area contributed by atoms with E-state index in [1.54, 1.807) is 6.08 Å². The highest BCUT2D eigenvalue weighted by molar-refractivity contribution is 5.89. The number of methoxy groups -OCH3 is 1. The molecule has 8 rings (SSSR count). The van der Waals surface area contributed by atoms with Gasteiger partial charge in [-0.3, -0.25) is 4.79 Å². The van der Waals surface area contributed by atoms with Gasteiger partial charge in [0.25, 0.3) is 0 Å². The van der Waals surface area contributed by atoms with E-state index in [4.69, 9.17) is 28.4 Å². The van der Waals surface area contributed by atoms with Crippen molar-refractivity contribution in [2.75, 3.05) is 47.1 Å². The third-order valence-electron chi connectivity index (χ3n) is 14.8. The minimum absolute atomic E-state index is 0.0285. The second-order valence-corrected chi connectivity index (χ2v) is 17.6. The van der Waals surface area contributed by atoms with Crippen molar-refractivity contribution < 1.29 is 63.5 Å². The van der Waals surface area contributed by atoms with Crippen LogP contribution in [0, 0.1) is 46.3 Å². The zero-order chi connectivity index (χ0) is 38.3. The summed E-state index contributed by atoms with van der Waals surface area (Å²) in [7, 11) is 3.43. The average molecular weight is 760 g/mol. The number of likely N-dealkylation sites (tertiary alicyclic amines) is 1. The van der Waals surface area contributed by atoms with Crippen molar-refractivity contribution in [3.05, 3.63) is 34.6 Å². The Morgan fingerprint density at radius 3 is 2.54 bits per heavy atom. The fourth-order valence-electron chi connectivity index (χ4n) is 12.0. The molecule has 0 aromatic heterocycles. The van der Waals surface area contributed by atoms with Crippen molar-refractivity contribution in [1.82, 2.24) is 4.90 Å². The number of ether oxygens (including phenoxy) is 6. The predicted molar refractivity (Wildman–Crippen MR) is 188 cm³/mol. The van der Waals surface area contributed by atoms with Crippen LogP contribution in [-0.4, -0.2) is 132 Å². The maximum atomic E-state index is 14.3. The van der Waals surface area contributed by atoms with Crippen LogP contribution in [0.3, 0.4) is 0 Å². The first-order valence-electron chi connectivity index (χ1n) is 19.8. The molecular formula is C40H57NO13. The Morgan fingerprint density at radius 2 is 1.83 bits per heavy atom. The number of piperidine rings is 1. The summed E-state index contributed by atoms with van der Waals surface area (Å²) in [6.45, 7) is 5.52. The molecule has 14 heteroatoms. The Labute approximate surface area is 316 Å². The molecule has 2 spiro atoms. The second-order valence-electron chi connectivity index (χ2n) is 17.6. The molecular weight excluding hydrogens is 702 g/mol. The first kappa shape index (κ1) is 38.5. The number of carbonyl (C=O) groups is 2. The fraction of sp³-hybridized carbons (Fsp3) is 0.800. The molecule has 5 N–H and O–H groups in total. The van der Waals surface area contributed by atoms with Gasteiger partial charge in [-0.1, -0.05) is 31.1 Å². The summed E-state index contributed by atoms with van der Waals surface area (Å²) in [6.07, 6.45) is 0.630. The third kappa shape index (κ3) is 5.84. The van der Waals surface area contributed by atoms with Crippen LogP contribution in [0.4, 0.5) is 0 Å². The van der Waals surface area contributed by atoms with Crippen LogP contribution >= 0.6 is 0 Å². The van der Waals surface area contributed by atoms with Crippen LogP contribution in [0.2, 0.25) is 0 Å². The Hall–Kier alpha value is -2.40. The highest BCUT2D eigenvalue weighted by atomic mass is 16.8. The molecule has 4 fully saturated rings. The molecule has 2 bridgehead atoms. The van der Waals surface area contributed by atoms with Gasteiger partial charge in [0.1, 0.15) is 31.0 Å². The summed E-state index contributed by atoms with van der Waals surface area (Å²) in [6, 6.07) is 0. The molecule has 4 aliphatic heterocycles. The number of hydrogen-bond acceptors (Lipinski definition) is 14. The van der Waals surface area contributed by atoms with Crippen LogP contribution in [-0.2, 0) is 38.0 Å². The van der Waals surface area contributed by atoms with E-state index >= 15 is 0 Å². The molecule has 0 unspecified atom stereocenters. The molecule has 14 atom stereocenters. The molecule has 300 valence electrons. The van der Waals surface area contributed by atoms with Crippen molar-refractivity contribution in [3.63, 3.8) is 0 Å². The largest absolute Gasteiger partial charge is 0.471 e. The number of allylic oxidation sites excluding steroid dienone is 2. The Morgan fingerprint density at radius 1 is 1.06 bits per heavy atom. The number of carbonyl (C=O) groups excluding carboxylic acids is 2. The molecule has 54 heavy (non-hydrogen) atoms. The molecule has 0 amide bonds. The van der Waals surface area contributed by atoms with Gasteiger partial charge >= 0.3 is 11.9 Å². The second kappa shape index (κ2) is 14.2. The summed E-state index contributed by atoms with van der Waals surface area (Å²) in [5.41, 5.74) is 3.26. The molecule has 4 heterocycles. The molecule has 0 radical (unpaired) electrons. The normalized spacial score (nSPS) is 45.7. The van der Waals surface area contributed by atoms with Crippen LogP contribution in [0.1, 0.15) is 65.2 Å². The molecule has 0 aromatic rings. The molecule has 14 nitrogen and oxygen atoms in total. The fourth-order valence-corrected chi connectivity index (χ4v) is 12.0. The predicted octanol–water partition coefficient (Wildman–Crippen LogP) is 1.53. The Bertz CT molecular complexity index is 1580. The smallest absolute Gasteiger partial charge is 0.337 e. The quantitative estimate of drug-likeness (QED) is 0.177. The number of rotatable bonds is 8. The molecule has 1 saturated carbocycles. The molecule has 0 aromatic carbocycles. The van der Waals surface area contributed by atoms with Crippen LogP contribution < -0.4 is 0 Å². The van der Waals surface area contributed by atoms with Gasteiger partial charge in [0.05, 0.1) is 44.0 Å². The monoisotopic (exact) mass is 759 g/mol. The zero-order valence-electron chi connectivity index (χ0n) is 31.7. The number of esters is 2. The van der Waals surface area contributed by atoms with Gasteiger partial charge in [0.15, 0.2) is 12.1 Å². The van der Waals surface area contributed by atoms with E-state index in [0.717, 1.165) is 45.2 Å². The van der Waals surface area contributed by atoms with Crippen molar-refractivity contribution in [2.45, 2.75) is 108 Å². The number of fused-ring (bicyclic) bond motifs is 1. The van der Waals surface area contributed by atoms with E-state index in [9.17, 15) is 35.1 Å². The van der Waals surface area contributed by atoms with E-state index in [0.29, 0.717) is 37.4 Å². The van der Waals surface area contributed by atoms with Gasteiger partial charge in [-0.15, -0.1) is 0 Å². The summed E-state index contributed by atoms with van der Waals surface area (Å²) in [5.74, 6) is -3.18. The number of nitrogens with zero attached hydrogens (tertiary/aromatic N) is 1. The summed E-state index contributed by atoms with van der Waals surface area (Å²) in [5, 5.41) is 54.3. The van der Waals surface area contributed by atoms with Crippen LogP contribution in [0.5, 0.6) is 0 Å². The lowest BCUT2D eigenvalue weighted by Crippen LogP contribution is -2.64. The van der Waals surface area contributed by atoms with E-state index in [2.05, 4.69) is 11.9 Å². The SMILES string of the molecule is COC(=O)C1=CO[C@@H](O[C@@H]2O[C@H](COC(=O)[C@@H]3C[C@@]45CN(C)C[C@@H](CCC6=C4[C@@H]3CC6)[C@@]53CC[C@](O)(C(C)C)OC3)[C@@H](O)[C@H](O)[C@H]2O)[C@@H]2C(CO)=CC[C@H]12. The van der Waals surface area contributed by atoms with Gasteiger partial charge in [-0.2, -0.15) is 0 Å². The first-order chi connectivity index (χ1) is 25.8. The van der Waals surface area contributed by atoms with E-state index in [1.807, 2.05) is 13.8 Å². The van der Waals surface area contributed by atoms with Crippen LogP contribution in [0.25, 0.3) is 0 Å². The summed E-state index contributed by atoms with van der Waals surface area (Å²) >= 11 is 0. The minimum atomic E-state index is -1.69. The van der Waals surface area contributed by atoms with E-state index in [-0.39, 0.29) is 47.4 Å². The highest BCUT2D eigenvalue weighted by Gasteiger charge is 2.70. The van der Waals surface area contributed by atoms with Gasteiger partial charge in [-0.05, 0) is 69.4 Å². The number of aliphatic hydroxyl groups is 5. The first-order valence-corrected chi connectivity index (χ1v) is 19.8. The lowest BCUT2D eigenvalue weighted by Gasteiger charge is -2.62. The number of aliphatic hydroxyl groups excluding tert-OH is 4. The van der Waals surface area contributed by atoms with Crippen LogP contribution in [0.15, 0.2) is 34.6 Å². The molecule has 4 aliphatic carbocycles. The summed E-state index contributed by atoms with van der Waals surface area (Å²) < 4.78 is 35.2. The lowest BCUT2D eigenvalue weighted by atomic mass is 9.50. The Balaban J connectivity index is 0.992. The van der Waals surface area contributed by atoms with Gasteiger partial charge < -0.3 is 58.9 Å². The third-order valence-corrected chi connectivity index (χ3v) is 14.8. The van der Waals surface area contributed by atoms with Crippen molar-refractivity contribution >= 4 is 11.9 Å². The number of hydrogen-bond donors (Lipinski definition) is 5. The van der Waals surface area contributed by atoms with E-state index < -0.39 is 66.5 Å². The average Bonchev–Trinajstić information content (AvgIpc) is 3.86. The standard InChI is InChI=1S/C40H57NO13/c1-20(2)40(48)12-11-38(19-52-40)23-8-5-21-6-10-25-26(13-39(38,30(21)25)18-41(3)14-23)35(47)50-17-28-31(43)32(44)33(45)37(53-28)54-36-29-22(15-42)7-9-24(29)27(16-51-36)34(46)49-4/h7,16,20,23-26,28-29,31-33,36-37,42-45,48H,5-6,8-15,17-19H2,1-4H3/t23-,24-,25-,26-,28-,29-,31-,32+,33-,36+,37+,38+,39-,40-/m1/s1. The van der Waals surface area contributed by atoms with Gasteiger partial charge in [-0.25, -0.2) is 4.79 Å². The molecule has 3 saturated heterocycles. The topological polar surface area (TPSA) is 194 Å². The van der Waals surface area contributed by atoms with Gasteiger partial charge in [0.2, 0.25) is 6.29 Å². The van der Waals surface area contributed by atoms with Crippen molar-refractivity contribution in [3.8, 4) is 0 Å².